The molecule has 1 fully saturated rings. The monoisotopic (exact) mass is 467 g/mol. The average molecular weight is 468 g/mol. The highest BCUT2D eigenvalue weighted by Gasteiger charge is 2.17. The summed E-state index contributed by atoms with van der Waals surface area (Å²) in [6.07, 6.45) is 4.00. The Morgan fingerprint density at radius 3 is 2.31 bits per heavy atom. The molecule has 0 spiro atoms. The highest BCUT2D eigenvalue weighted by atomic mass is 16.2. The smallest absolute Gasteiger partial charge is 0.253 e. The van der Waals surface area contributed by atoms with Crippen molar-refractivity contribution >= 4 is 22.6 Å². The summed E-state index contributed by atoms with van der Waals surface area (Å²) < 4.78 is 0. The van der Waals surface area contributed by atoms with Crippen LogP contribution in [0.3, 0.4) is 0 Å². The van der Waals surface area contributed by atoms with Crippen LogP contribution in [0, 0.1) is 0 Å². The van der Waals surface area contributed by atoms with Gasteiger partial charge < -0.3 is 19.7 Å². The van der Waals surface area contributed by atoms with Gasteiger partial charge in [-0.1, -0.05) is 31.2 Å². The Bertz CT molecular complexity index is 1320. The van der Waals surface area contributed by atoms with Gasteiger partial charge in [-0.25, -0.2) is 4.98 Å². The maximum Gasteiger partial charge on any atom is 0.253 e. The predicted octanol–water partition coefficient (Wildman–Crippen LogP) is 4.84. The molecule has 1 N–H and O–H groups in total. The lowest BCUT2D eigenvalue weighted by molar-refractivity contribution is 0.0827. The van der Waals surface area contributed by atoms with Crippen molar-refractivity contribution in [3.8, 4) is 11.1 Å². The number of pyridine rings is 1. The van der Waals surface area contributed by atoms with Crippen LogP contribution in [0.25, 0.3) is 22.2 Å². The molecule has 1 aliphatic heterocycles. The number of fused-ring (bicyclic) bond motifs is 1. The Morgan fingerprint density at radius 2 is 1.66 bits per heavy atom. The summed E-state index contributed by atoms with van der Waals surface area (Å²) in [5, 5.41) is 1.13. The molecule has 0 saturated carbocycles. The number of aromatic nitrogens is 2. The van der Waals surface area contributed by atoms with E-state index in [1.54, 1.807) is 19.0 Å². The number of anilines is 1. The Balaban J connectivity index is 1.39. The average Bonchev–Trinajstić information content (AvgIpc) is 3.32. The Hall–Kier alpha value is -3.64. The number of hydrogen-bond donors (Lipinski definition) is 1. The first-order chi connectivity index (χ1) is 16.9. The van der Waals surface area contributed by atoms with E-state index in [1.807, 2.05) is 18.3 Å². The number of carbonyl (C=O) groups excluding carboxylic acids is 1. The maximum atomic E-state index is 12.2. The molecule has 4 aromatic rings. The van der Waals surface area contributed by atoms with Gasteiger partial charge in [0, 0.05) is 80.8 Å². The van der Waals surface area contributed by atoms with E-state index in [-0.39, 0.29) is 11.8 Å². The largest absolute Gasteiger partial charge is 0.369 e. The van der Waals surface area contributed by atoms with Gasteiger partial charge in [0.05, 0.1) is 0 Å². The number of H-pyrrole nitrogens is 1. The summed E-state index contributed by atoms with van der Waals surface area (Å²) in [5.41, 5.74) is 7.53. The van der Waals surface area contributed by atoms with Crippen molar-refractivity contribution < 1.29 is 4.79 Å². The molecule has 1 aliphatic rings. The van der Waals surface area contributed by atoms with Gasteiger partial charge in [-0.15, -0.1) is 0 Å². The number of benzene rings is 2. The van der Waals surface area contributed by atoms with E-state index in [9.17, 15) is 4.79 Å². The van der Waals surface area contributed by atoms with Crippen molar-refractivity contribution in [3.05, 3.63) is 83.7 Å². The minimum Gasteiger partial charge on any atom is -0.369 e. The number of carbonyl (C=O) groups is 1. The lowest BCUT2D eigenvalue weighted by Gasteiger charge is -2.34. The molecule has 0 bridgehead atoms. The van der Waals surface area contributed by atoms with Gasteiger partial charge >= 0.3 is 0 Å². The number of amides is 1. The van der Waals surface area contributed by atoms with E-state index in [2.05, 4.69) is 77.4 Å². The van der Waals surface area contributed by atoms with Gasteiger partial charge in [-0.3, -0.25) is 4.79 Å². The number of rotatable bonds is 5. The van der Waals surface area contributed by atoms with E-state index in [1.165, 1.54) is 22.4 Å². The fourth-order valence-corrected chi connectivity index (χ4v) is 4.82. The second kappa shape index (κ2) is 9.55. The lowest BCUT2D eigenvalue weighted by atomic mass is 9.92. The molecule has 5 rings (SSSR count). The first-order valence-corrected chi connectivity index (χ1v) is 12.2. The lowest BCUT2D eigenvalue weighted by Crippen LogP contribution is -2.44. The second-order valence-electron chi connectivity index (χ2n) is 9.74. The molecule has 0 radical (unpaired) electrons. The molecule has 1 amide bonds. The van der Waals surface area contributed by atoms with Gasteiger partial charge in [-0.05, 0) is 54.1 Å². The van der Waals surface area contributed by atoms with Crippen molar-refractivity contribution in [1.82, 2.24) is 19.8 Å². The minimum atomic E-state index is 0.0174. The van der Waals surface area contributed by atoms with Crippen LogP contribution in [0.4, 0.5) is 5.69 Å². The van der Waals surface area contributed by atoms with E-state index in [0.29, 0.717) is 5.56 Å². The van der Waals surface area contributed by atoms with Crippen LogP contribution in [0.5, 0.6) is 0 Å². The van der Waals surface area contributed by atoms with Crippen molar-refractivity contribution in [2.75, 3.05) is 52.2 Å². The van der Waals surface area contributed by atoms with Crippen LogP contribution in [-0.4, -0.2) is 73.0 Å². The van der Waals surface area contributed by atoms with Crippen molar-refractivity contribution in [2.45, 2.75) is 12.8 Å². The summed E-state index contributed by atoms with van der Waals surface area (Å²) in [7, 11) is 5.73. The third-order valence-corrected chi connectivity index (χ3v) is 7.16. The van der Waals surface area contributed by atoms with Crippen LogP contribution in [0.2, 0.25) is 0 Å². The zero-order valence-electron chi connectivity index (χ0n) is 21.0. The van der Waals surface area contributed by atoms with Crippen LogP contribution in [0.15, 0.2) is 67.0 Å². The third-order valence-electron chi connectivity index (χ3n) is 7.16. The fraction of sp³-hybridized carbons (Fsp3) is 0.310. The molecule has 35 heavy (non-hydrogen) atoms. The predicted molar refractivity (Wildman–Crippen MR) is 143 cm³/mol. The van der Waals surface area contributed by atoms with E-state index >= 15 is 0 Å². The zero-order valence-corrected chi connectivity index (χ0v) is 21.0. The van der Waals surface area contributed by atoms with E-state index < -0.39 is 0 Å². The van der Waals surface area contributed by atoms with E-state index in [0.717, 1.165) is 42.8 Å². The van der Waals surface area contributed by atoms with Gasteiger partial charge in [0.1, 0.15) is 5.65 Å². The molecule has 180 valence electrons. The molecule has 6 heteroatoms. The van der Waals surface area contributed by atoms with Crippen molar-refractivity contribution in [3.63, 3.8) is 0 Å². The second-order valence-corrected chi connectivity index (χ2v) is 9.74. The maximum absolute atomic E-state index is 12.2. The molecule has 3 heterocycles. The Kier molecular flexibility index (Phi) is 6.31. The number of nitrogens with one attached hydrogen (secondary N) is 1. The van der Waals surface area contributed by atoms with Gasteiger partial charge in [0.2, 0.25) is 0 Å². The number of piperazine rings is 1. The SMILES string of the molecule is CC(c1ccc(C(=O)N(C)C)cc1)c1c[nH]c2ncc(-c3ccc(N4CCN(C)CC4)cc3)cc12. The summed E-state index contributed by atoms with van der Waals surface area (Å²) >= 11 is 0. The van der Waals surface area contributed by atoms with Crippen molar-refractivity contribution in [2.24, 2.45) is 0 Å². The first-order valence-electron chi connectivity index (χ1n) is 12.2. The van der Waals surface area contributed by atoms with Crippen LogP contribution < -0.4 is 4.90 Å². The molecular weight excluding hydrogens is 434 g/mol. The van der Waals surface area contributed by atoms with Crippen LogP contribution >= 0.6 is 0 Å². The highest BCUT2D eigenvalue weighted by Crippen LogP contribution is 2.33. The van der Waals surface area contributed by atoms with Crippen LogP contribution in [-0.2, 0) is 0 Å². The molecule has 2 aromatic carbocycles. The number of likely N-dealkylation sites (N-methyl/N-ethyl adjacent to an activating group) is 1. The third kappa shape index (κ3) is 4.66. The van der Waals surface area contributed by atoms with Crippen molar-refractivity contribution in [1.29, 1.82) is 0 Å². The summed E-state index contributed by atoms with van der Waals surface area (Å²) in [4.78, 5) is 26.7. The molecular formula is C29H33N5O. The summed E-state index contributed by atoms with van der Waals surface area (Å²) in [6, 6.07) is 19.0. The first kappa shape index (κ1) is 23.1. The standard InChI is InChI=1S/C29H33N5O/c1-20(21-5-7-23(8-6-21)29(35)32(2)3)27-19-31-28-26(27)17-24(18-30-28)22-9-11-25(12-10-22)34-15-13-33(4)14-16-34/h5-12,17-20H,13-16H2,1-4H3,(H,30,31). The molecule has 0 aliphatic carbocycles. The molecule has 1 saturated heterocycles. The molecule has 6 nitrogen and oxygen atoms in total. The molecule has 1 atom stereocenters. The quantitative estimate of drug-likeness (QED) is 0.457. The Labute approximate surface area is 207 Å². The molecule has 2 aromatic heterocycles. The van der Waals surface area contributed by atoms with Gasteiger partial charge in [0.15, 0.2) is 0 Å². The summed E-state index contributed by atoms with van der Waals surface area (Å²) in [6.45, 7) is 6.54. The number of aromatic amines is 1. The number of nitrogens with zero attached hydrogens (tertiary/aromatic N) is 4. The highest BCUT2D eigenvalue weighted by molar-refractivity contribution is 5.94. The minimum absolute atomic E-state index is 0.0174. The Morgan fingerprint density at radius 1 is 0.971 bits per heavy atom. The van der Waals surface area contributed by atoms with Crippen LogP contribution in [0.1, 0.15) is 34.3 Å². The van der Waals surface area contributed by atoms with Gasteiger partial charge in [-0.2, -0.15) is 0 Å². The topological polar surface area (TPSA) is 55.5 Å². The van der Waals surface area contributed by atoms with E-state index in [4.69, 9.17) is 4.98 Å². The summed E-state index contributed by atoms with van der Waals surface area (Å²) in [5.74, 6) is 0.188. The fourth-order valence-electron chi connectivity index (χ4n) is 4.82. The van der Waals surface area contributed by atoms with Gasteiger partial charge in [0.25, 0.3) is 5.91 Å². The number of hydrogen-bond acceptors (Lipinski definition) is 4. The zero-order chi connectivity index (χ0) is 24.5. The molecule has 1 unspecified atom stereocenters. The normalized spacial score (nSPS) is 15.4.